The summed E-state index contributed by atoms with van der Waals surface area (Å²) in [4.78, 5) is 22.1. The molecule has 6 heteroatoms. The standard InChI is InChI=1S/C9H10N4OS/c1-13(2)8-6-7(10)5(3-14)15-9(6)12-4-11-8/h3-4H,10H2,1-2H3. The first kappa shape index (κ1) is 9.85. The molecule has 0 aromatic carbocycles. The average molecular weight is 222 g/mol. The largest absolute Gasteiger partial charge is 0.397 e. The fourth-order valence-corrected chi connectivity index (χ4v) is 2.25. The van der Waals surface area contributed by atoms with Crippen molar-refractivity contribution in [2.45, 2.75) is 0 Å². The molecule has 2 rings (SSSR count). The third-order valence-electron chi connectivity index (χ3n) is 2.06. The quantitative estimate of drug-likeness (QED) is 0.772. The highest BCUT2D eigenvalue weighted by atomic mass is 32.1. The van der Waals surface area contributed by atoms with Crippen LogP contribution in [0.25, 0.3) is 10.2 Å². The number of rotatable bonds is 2. The number of aldehydes is 1. The lowest BCUT2D eigenvalue weighted by atomic mass is 10.3. The molecule has 0 spiro atoms. The molecule has 2 heterocycles. The molecule has 5 nitrogen and oxygen atoms in total. The van der Waals surface area contributed by atoms with Crippen molar-refractivity contribution in [2.24, 2.45) is 0 Å². The molecule has 0 fully saturated rings. The Balaban J connectivity index is 2.84. The van der Waals surface area contributed by atoms with Crippen LogP contribution in [0.1, 0.15) is 9.67 Å². The van der Waals surface area contributed by atoms with Crippen LogP contribution in [0.4, 0.5) is 11.5 Å². The molecule has 0 radical (unpaired) electrons. The molecule has 0 aliphatic rings. The van der Waals surface area contributed by atoms with Crippen molar-refractivity contribution in [3.05, 3.63) is 11.2 Å². The van der Waals surface area contributed by atoms with E-state index in [0.717, 1.165) is 22.3 Å². The monoisotopic (exact) mass is 222 g/mol. The predicted molar refractivity (Wildman–Crippen MR) is 61.5 cm³/mol. The van der Waals surface area contributed by atoms with Gasteiger partial charge in [0.2, 0.25) is 0 Å². The fraction of sp³-hybridized carbons (Fsp3) is 0.222. The van der Waals surface area contributed by atoms with Crippen LogP contribution >= 0.6 is 11.3 Å². The predicted octanol–water partition coefficient (Wildman–Crippen LogP) is 1.15. The van der Waals surface area contributed by atoms with Crippen LogP contribution < -0.4 is 10.6 Å². The van der Waals surface area contributed by atoms with E-state index >= 15 is 0 Å². The van der Waals surface area contributed by atoms with Crippen molar-refractivity contribution < 1.29 is 4.79 Å². The van der Waals surface area contributed by atoms with E-state index in [9.17, 15) is 4.79 Å². The van der Waals surface area contributed by atoms with E-state index in [2.05, 4.69) is 9.97 Å². The van der Waals surface area contributed by atoms with E-state index in [0.29, 0.717) is 10.6 Å². The Morgan fingerprint density at radius 1 is 1.47 bits per heavy atom. The van der Waals surface area contributed by atoms with Crippen molar-refractivity contribution in [1.29, 1.82) is 0 Å². The lowest BCUT2D eigenvalue weighted by Crippen LogP contribution is -2.11. The second-order valence-electron chi connectivity index (χ2n) is 3.27. The first-order chi connectivity index (χ1) is 7.15. The maximum Gasteiger partial charge on any atom is 0.162 e. The van der Waals surface area contributed by atoms with E-state index in [-0.39, 0.29) is 0 Å². The molecular formula is C9H10N4OS. The van der Waals surface area contributed by atoms with Crippen LogP contribution in [-0.2, 0) is 0 Å². The van der Waals surface area contributed by atoms with Crippen molar-refractivity contribution in [2.75, 3.05) is 24.7 Å². The maximum atomic E-state index is 10.7. The second-order valence-corrected chi connectivity index (χ2v) is 4.30. The molecule has 0 aliphatic carbocycles. The number of anilines is 2. The summed E-state index contributed by atoms with van der Waals surface area (Å²) in [5.41, 5.74) is 6.33. The number of carbonyl (C=O) groups excluding carboxylic acids is 1. The summed E-state index contributed by atoms with van der Waals surface area (Å²) in [7, 11) is 3.75. The van der Waals surface area contributed by atoms with Gasteiger partial charge >= 0.3 is 0 Å². The van der Waals surface area contributed by atoms with Crippen molar-refractivity contribution in [1.82, 2.24) is 9.97 Å². The van der Waals surface area contributed by atoms with Crippen LogP contribution in [-0.4, -0.2) is 30.3 Å². The summed E-state index contributed by atoms with van der Waals surface area (Å²) >= 11 is 1.28. The third-order valence-corrected chi connectivity index (χ3v) is 3.10. The summed E-state index contributed by atoms with van der Waals surface area (Å²) in [6, 6.07) is 0. The van der Waals surface area contributed by atoms with E-state index in [1.165, 1.54) is 17.7 Å². The van der Waals surface area contributed by atoms with E-state index in [1.54, 1.807) is 0 Å². The zero-order valence-electron chi connectivity index (χ0n) is 8.39. The minimum atomic E-state index is 0.467. The Labute approximate surface area is 90.5 Å². The Kier molecular flexibility index (Phi) is 2.28. The summed E-state index contributed by atoms with van der Waals surface area (Å²) < 4.78 is 0. The number of nitrogens with two attached hydrogens (primary N) is 1. The van der Waals surface area contributed by atoms with Crippen LogP contribution in [0.2, 0.25) is 0 Å². The van der Waals surface area contributed by atoms with Crippen LogP contribution in [0.5, 0.6) is 0 Å². The van der Waals surface area contributed by atoms with Gasteiger partial charge in [0.25, 0.3) is 0 Å². The van der Waals surface area contributed by atoms with Crippen LogP contribution in [0, 0.1) is 0 Å². The molecular weight excluding hydrogens is 212 g/mol. The lowest BCUT2D eigenvalue weighted by Gasteiger charge is -2.11. The van der Waals surface area contributed by atoms with Crippen molar-refractivity contribution >= 4 is 39.3 Å². The lowest BCUT2D eigenvalue weighted by molar-refractivity contribution is 0.112. The van der Waals surface area contributed by atoms with E-state index in [1.807, 2.05) is 19.0 Å². The van der Waals surface area contributed by atoms with Gasteiger partial charge in [-0.05, 0) is 0 Å². The second kappa shape index (κ2) is 3.47. The first-order valence-corrected chi connectivity index (χ1v) is 5.12. The van der Waals surface area contributed by atoms with Crippen LogP contribution in [0.15, 0.2) is 6.33 Å². The number of fused-ring (bicyclic) bond motifs is 1. The zero-order valence-corrected chi connectivity index (χ0v) is 9.21. The smallest absolute Gasteiger partial charge is 0.162 e. The van der Waals surface area contributed by atoms with Crippen molar-refractivity contribution in [3.63, 3.8) is 0 Å². The maximum absolute atomic E-state index is 10.7. The van der Waals surface area contributed by atoms with Gasteiger partial charge in [0.1, 0.15) is 17.0 Å². The molecule has 2 N–H and O–H groups in total. The topological polar surface area (TPSA) is 72.1 Å². The minimum absolute atomic E-state index is 0.467. The highest BCUT2D eigenvalue weighted by Crippen LogP contribution is 2.35. The molecule has 0 unspecified atom stereocenters. The molecule has 78 valence electrons. The summed E-state index contributed by atoms with van der Waals surface area (Å²) in [5, 5.41) is 0.759. The van der Waals surface area contributed by atoms with Gasteiger partial charge in [-0.3, -0.25) is 4.79 Å². The number of carbonyl (C=O) groups is 1. The average Bonchev–Trinajstić information content (AvgIpc) is 2.55. The van der Waals surface area contributed by atoms with Gasteiger partial charge in [-0.25, -0.2) is 9.97 Å². The Hall–Kier alpha value is -1.69. The van der Waals surface area contributed by atoms with E-state index in [4.69, 9.17) is 5.73 Å². The van der Waals surface area contributed by atoms with Crippen LogP contribution in [0.3, 0.4) is 0 Å². The molecule has 0 amide bonds. The third kappa shape index (κ3) is 1.42. The first-order valence-electron chi connectivity index (χ1n) is 4.30. The van der Waals surface area contributed by atoms with Gasteiger partial charge in [-0.2, -0.15) is 0 Å². The number of hydrogen-bond donors (Lipinski definition) is 1. The number of nitrogens with zero attached hydrogens (tertiary/aromatic N) is 3. The normalized spacial score (nSPS) is 10.5. The van der Waals surface area contributed by atoms with Gasteiger partial charge in [-0.15, -0.1) is 11.3 Å². The van der Waals surface area contributed by atoms with Gasteiger partial charge in [0.05, 0.1) is 16.0 Å². The number of hydrogen-bond acceptors (Lipinski definition) is 6. The summed E-state index contributed by atoms with van der Waals surface area (Å²) in [6.45, 7) is 0. The van der Waals surface area contributed by atoms with Gasteiger partial charge in [-0.1, -0.05) is 0 Å². The Morgan fingerprint density at radius 3 is 2.80 bits per heavy atom. The van der Waals surface area contributed by atoms with Gasteiger partial charge < -0.3 is 10.6 Å². The molecule has 15 heavy (non-hydrogen) atoms. The molecule has 0 saturated carbocycles. The van der Waals surface area contributed by atoms with Gasteiger partial charge in [0, 0.05) is 14.1 Å². The number of thiophene rings is 1. The highest BCUT2D eigenvalue weighted by molar-refractivity contribution is 7.21. The van der Waals surface area contributed by atoms with Crippen molar-refractivity contribution in [3.8, 4) is 0 Å². The highest BCUT2D eigenvalue weighted by Gasteiger charge is 2.15. The van der Waals surface area contributed by atoms with Gasteiger partial charge in [0.15, 0.2) is 6.29 Å². The zero-order chi connectivity index (χ0) is 11.0. The molecule has 0 atom stereocenters. The molecule has 0 saturated heterocycles. The summed E-state index contributed by atoms with van der Waals surface area (Å²) in [6.07, 6.45) is 2.23. The summed E-state index contributed by atoms with van der Waals surface area (Å²) in [5.74, 6) is 0.738. The molecule has 0 aliphatic heterocycles. The number of nitrogen functional groups attached to an aromatic ring is 1. The van der Waals surface area contributed by atoms with E-state index < -0.39 is 0 Å². The Morgan fingerprint density at radius 2 is 2.20 bits per heavy atom. The fourth-order valence-electron chi connectivity index (χ4n) is 1.38. The molecule has 2 aromatic heterocycles. The Bertz CT molecular complexity index is 520. The minimum Gasteiger partial charge on any atom is -0.397 e. The molecule has 2 aromatic rings. The SMILES string of the molecule is CN(C)c1ncnc2sc(C=O)c(N)c12. The number of aromatic nitrogens is 2. The molecule has 0 bridgehead atoms.